The summed E-state index contributed by atoms with van der Waals surface area (Å²) in [6.45, 7) is 2.09. The minimum Gasteiger partial charge on any atom is -0.420 e. The SMILES string of the molecule is CC1C=Cc2ccc(OC(=O)C(F)(F)F)c3c2C1CC3. The van der Waals surface area contributed by atoms with Gasteiger partial charge in [-0.05, 0) is 47.4 Å². The first-order valence-corrected chi connectivity index (χ1v) is 6.51. The predicted octanol–water partition coefficient (Wildman–Crippen LogP) is 3.85. The molecule has 106 valence electrons. The maximum Gasteiger partial charge on any atom is 0.491 e. The Hall–Kier alpha value is -1.78. The molecule has 0 heterocycles. The van der Waals surface area contributed by atoms with Crippen molar-refractivity contribution in [1.29, 1.82) is 0 Å². The minimum absolute atomic E-state index is 0.0519. The van der Waals surface area contributed by atoms with E-state index < -0.39 is 12.1 Å². The van der Waals surface area contributed by atoms with Crippen LogP contribution in [-0.2, 0) is 11.2 Å². The molecule has 0 bridgehead atoms. The van der Waals surface area contributed by atoms with Crippen molar-refractivity contribution in [2.45, 2.75) is 31.9 Å². The molecule has 0 amide bonds. The molecular formula is C15H13F3O2. The molecule has 3 rings (SSSR count). The van der Waals surface area contributed by atoms with Crippen LogP contribution in [0.3, 0.4) is 0 Å². The number of carbonyl (C=O) groups is 1. The van der Waals surface area contributed by atoms with Gasteiger partial charge in [-0.25, -0.2) is 4.79 Å². The molecule has 2 aliphatic carbocycles. The van der Waals surface area contributed by atoms with E-state index in [1.807, 2.05) is 6.08 Å². The molecule has 0 spiro atoms. The zero-order chi connectivity index (χ0) is 14.5. The number of hydrogen-bond acceptors (Lipinski definition) is 2. The van der Waals surface area contributed by atoms with Crippen LogP contribution in [0.4, 0.5) is 13.2 Å². The number of esters is 1. The number of carbonyl (C=O) groups excluding carboxylic acids is 1. The van der Waals surface area contributed by atoms with Gasteiger partial charge < -0.3 is 4.74 Å². The fraction of sp³-hybridized carbons (Fsp3) is 0.400. The summed E-state index contributed by atoms with van der Waals surface area (Å²) in [5.74, 6) is -1.43. The maximum absolute atomic E-state index is 12.3. The summed E-state index contributed by atoms with van der Waals surface area (Å²) >= 11 is 0. The Morgan fingerprint density at radius 1 is 1.35 bits per heavy atom. The van der Waals surface area contributed by atoms with Crippen LogP contribution in [0, 0.1) is 5.92 Å². The van der Waals surface area contributed by atoms with Crippen molar-refractivity contribution >= 4 is 12.0 Å². The van der Waals surface area contributed by atoms with Crippen LogP contribution >= 0.6 is 0 Å². The highest BCUT2D eigenvalue weighted by atomic mass is 19.4. The molecule has 2 atom stereocenters. The third-order valence-electron chi connectivity index (χ3n) is 4.07. The lowest BCUT2D eigenvalue weighted by Gasteiger charge is -2.24. The van der Waals surface area contributed by atoms with E-state index in [2.05, 4.69) is 17.7 Å². The van der Waals surface area contributed by atoms with Crippen LogP contribution in [0.25, 0.3) is 6.08 Å². The first-order chi connectivity index (χ1) is 9.38. The number of halogens is 3. The van der Waals surface area contributed by atoms with Crippen molar-refractivity contribution in [3.63, 3.8) is 0 Å². The zero-order valence-corrected chi connectivity index (χ0v) is 10.8. The van der Waals surface area contributed by atoms with E-state index in [4.69, 9.17) is 0 Å². The molecule has 0 fully saturated rings. The topological polar surface area (TPSA) is 26.3 Å². The van der Waals surface area contributed by atoms with Crippen LogP contribution in [0.2, 0.25) is 0 Å². The second kappa shape index (κ2) is 4.36. The number of alkyl halides is 3. The van der Waals surface area contributed by atoms with Gasteiger partial charge in [0.2, 0.25) is 0 Å². The van der Waals surface area contributed by atoms with Crippen molar-refractivity contribution in [2.75, 3.05) is 0 Å². The van der Waals surface area contributed by atoms with Gasteiger partial charge >= 0.3 is 12.1 Å². The molecule has 0 saturated heterocycles. The van der Waals surface area contributed by atoms with Crippen molar-refractivity contribution in [2.24, 2.45) is 5.92 Å². The summed E-state index contributed by atoms with van der Waals surface area (Å²) in [4.78, 5) is 11.0. The van der Waals surface area contributed by atoms with Crippen molar-refractivity contribution in [3.05, 3.63) is 34.9 Å². The van der Waals surface area contributed by atoms with Gasteiger partial charge in [0.1, 0.15) is 5.75 Å². The fourth-order valence-electron chi connectivity index (χ4n) is 3.12. The van der Waals surface area contributed by atoms with Gasteiger partial charge in [-0.15, -0.1) is 0 Å². The lowest BCUT2D eigenvalue weighted by atomic mass is 9.81. The second-order valence-electron chi connectivity index (χ2n) is 5.30. The molecule has 1 aromatic rings. The van der Waals surface area contributed by atoms with Crippen molar-refractivity contribution in [3.8, 4) is 5.75 Å². The van der Waals surface area contributed by atoms with Crippen LogP contribution < -0.4 is 4.74 Å². The van der Waals surface area contributed by atoms with E-state index in [9.17, 15) is 18.0 Å². The van der Waals surface area contributed by atoms with Gasteiger partial charge in [-0.3, -0.25) is 0 Å². The monoisotopic (exact) mass is 282 g/mol. The number of benzene rings is 1. The summed E-state index contributed by atoms with van der Waals surface area (Å²) in [5, 5.41) is 0. The highest BCUT2D eigenvalue weighted by Crippen LogP contribution is 2.47. The Morgan fingerprint density at radius 2 is 2.10 bits per heavy atom. The minimum atomic E-state index is -4.96. The van der Waals surface area contributed by atoms with Gasteiger partial charge in [-0.2, -0.15) is 13.2 Å². The summed E-state index contributed by atoms with van der Waals surface area (Å²) in [5.41, 5.74) is 2.82. The Labute approximate surface area is 114 Å². The number of rotatable bonds is 1. The Kier molecular flexibility index (Phi) is 2.88. The van der Waals surface area contributed by atoms with E-state index >= 15 is 0 Å². The summed E-state index contributed by atoms with van der Waals surface area (Å²) in [7, 11) is 0. The third-order valence-corrected chi connectivity index (χ3v) is 4.07. The van der Waals surface area contributed by atoms with E-state index in [1.165, 1.54) is 6.07 Å². The maximum atomic E-state index is 12.3. The Bertz CT molecular complexity index is 602. The molecule has 0 N–H and O–H groups in total. The average molecular weight is 282 g/mol. The zero-order valence-electron chi connectivity index (χ0n) is 10.8. The summed E-state index contributed by atoms with van der Waals surface area (Å²) in [6, 6.07) is 3.18. The molecule has 0 aliphatic heterocycles. The van der Waals surface area contributed by atoms with E-state index in [-0.39, 0.29) is 5.75 Å². The Balaban J connectivity index is 1.99. The first-order valence-electron chi connectivity index (χ1n) is 6.51. The smallest absolute Gasteiger partial charge is 0.420 e. The van der Waals surface area contributed by atoms with Crippen LogP contribution in [0.1, 0.15) is 36.0 Å². The lowest BCUT2D eigenvalue weighted by Crippen LogP contribution is -2.28. The molecule has 20 heavy (non-hydrogen) atoms. The highest BCUT2D eigenvalue weighted by molar-refractivity contribution is 5.79. The van der Waals surface area contributed by atoms with E-state index in [1.54, 1.807) is 6.07 Å². The lowest BCUT2D eigenvalue weighted by molar-refractivity contribution is -0.189. The average Bonchev–Trinajstić information content (AvgIpc) is 2.81. The van der Waals surface area contributed by atoms with E-state index in [0.717, 1.165) is 23.1 Å². The normalized spacial score (nSPS) is 23.6. The van der Waals surface area contributed by atoms with Gasteiger partial charge in [0.25, 0.3) is 0 Å². The molecule has 2 nitrogen and oxygen atoms in total. The molecule has 5 heteroatoms. The van der Waals surface area contributed by atoms with Crippen LogP contribution in [0.15, 0.2) is 18.2 Å². The third kappa shape index (κ3) is 2.01. The number of allylic oxidation sites excluding steroid dienone is 1. The van der Waals surface area contributed by atoms with E-state index in [0.29, 0.717) is 18.3 Å². The quantitative estimate of drug-likeness (QED) is 0.577. The molecule has 0 aromatic heterocycles. The molecular weight excluding hydrogens is 269 g/mol. The molecule has 1 aromatic carbocycles. The molecule has 2 unspecified atom stereocenters. The van der Waals surface area contributed by atoms with Gasteiger partial charge in [-0.1, -0.05) is 25.1 Å². The number of ether oxygens (including phenoxy) is 1. The van der Waals surface area contributed by atoms with Gasteiger partial charge in [0.05, 0.1) is 0 Å². The molecule has 2 aliphatic rings. The largest absolute Gasteiger partial charge is 0.491 e. The molecule has 0 radical (unpaired) electrons. The van der Waals surface area contributed by atoms with Crippen molar-refractivity contribution in [1.82, 2.24) is 0 Å². The standard InChI is InChI=1S/C15H13F3O2/c1-8-2-3-9-4-7-12(20-14(19)15(16,17)18)11-6-5-10(8)13(9)11/h2-4,7-8,10H,5-6H2,1H3. The fourth-order valence-corrected chi connectivity index (χ4v) is 3.12. The van der Waals surface area contributed by atoms with Gasteiger partial charge in [0.15, 0.2) is 0 Å². The van der Waals surface area contributed by atoms with Crippen LogP contribution in [0.5, 0.6) is 5.75 Å². The summed E-state index contributed by atoms with van der Waals surface area (Å²) in [6.07, 6.45) is 0.673. The summed E-state index contributed by atoms with van der Waals surface area (Å²) < 4.78 is 41.4. The second-order valence-corrected chi connectivity index (χ2v) is 5.30. The van der Waals surface area contributed by atoms with Crippen LogP contribution in [-0.4, -0.2) is 12.1 Å². The predicted molar refractivity (Wildman–Crippen MR) is 67.4 cm³/mol. The molecule has 0 saturated carbocycles. The highest BCUT2D eigenvalue weighted by Gasteiger charge is 2.42. The van der Waals surface area contributed by atoms with Gasteiger partial charge in [0, 0.05) is 0 Å². The van der Waals surface area contributed by atoms with Crippen molar-refractivity contribution < 1.29 is 22.7 Å². The first kappa shape index (κ1) is 13.2. The Morgan fingerprint density at radius 3 is 2.80 bits per heavy atom. The number of hydrogen-bond donors (Lipinski definition) is 0.